The monoisotopic (exact) mass is 782 g/mol. The molecule has 0 aromatic heterocycles. The number of Topliss-reactive ketones (excluding diaryl/α,β-unsaturated/α-hetero) is 1. The second-order valence-electron chi connectivity index (χ2n) is 15.2. The van der Waals surface area contributed by atoms with Crippen molar-refractivity contribution >= 4 is 53.2 Å². The van der Waals surface area contributed by atoms with Gasteiger partial charge < -0.3 is 41.7 Å². The number of nitrogens with two attached hydrogens (primary N) is 1. The molecule has 2 aliphatic rings. The van der Waals surface area contributed by atoms with E-state index in [1.54, 1.807) is 27.7 Å². The van der Waals surface area contributed by atoms with Gasteiger partial charge in [0.25, 0.3) is 5.91 Å². The quantitative estimate of drug-likeness (QED) is 0.0964. The molecule has 0 bridgehead atoms. The topological polar surface area (TPSA) is 260 Å². The zero-order valence-electron chi connectivity index (χ0n) is 32.6. The first-order valence-corrected chi connectivity index (χ1v) is 18.8. The lowest BCUT2D eigenvalue weighted by atomic mass is 9.83. The van der Waals surface area contributed by atoms with Crippen molar-refractivity contribution in [2.45, 2.75) is 116 Å². The van der Waals surface area contributed by atoms with E-state index in [4.69, 9.17) is 10.5 Å². The molecule has 17 heteroatoms. The number of benzene rings is 1. The largest absolute Gasteiger partial charge is 0.478 e. The van der Waals surface area contributed by atoms with Crippen molar-refractivity contribution in [3.8, 4) is 0 Å². The minimum atomic E-state index is -1.36. The number of carbonyl (C=O) groups excluding carboxylic acids is 8. The standard InChI is InChI=1S/C39H54N6O11/c1-6-56-29(47)19-13-12-18-27(42-33(49)25-16-10-11-17-26(25)38(54)55)34(50)44-31(39(3,4)5)37(53)45-21-24(46)20-28(45)35(51)43-30(23-14-8-7-9-15-23)36(52)41-22(2)32(40)48/h10-11,13,16-17,19,22-23,27-28,30-31H,6-9,12,14-15,18,20-21H2,1-5H3,(H2,40,48)(H,41,52)(H,42,49)(H,43,51)(H,44,50)(H,54,55)/b19-13+/t22-,27-,28-,30-,31+/m0/s1. The van der Waals surface area contributed by atoms with Crippen LogP contribution in [-0.4, -0.2) is 107 Å². The predicted octanol–water partition coefficient (Wildman–Crippen LogP) is 1.14. The maximum absolute atomic E-state index is 14.3. The number of carbonyl (C=O) groups is 9. The highest BCUT2D eigenvalue weighted by atomic mass is 16.5. The van der Waals surface area contributed by atoms with Gasteiger partial charge in [0.05, 0.1) is 24.3 Å². The second kappa shape index (κ2) is 20.3. The highest BCUT2D eigenvalue weighted by Crippen LogP contribution is 2.29. The first-order chi connectivity index (χ1) is 26.3. The molecule has 1 saturated carbocycles. The predicted molar refractivity (Wildman–Crippen MR) is 201 cm³/mol. The maximum Gasteiger partial charge on any atom is 0.336 e. The number of ketones is 1. The highest BCUT2D eigenvalue weighted by Gasteiger charge is 2.46. The van der Waals surface area contributed by atoms with Crippen LogP contribution in [0.5, 0.6) is 0 Å². The van der Waals surface area contributed by atoms with E-state index in [9.17, 15) is 48.3 Å². The van der Waals surface area contributed by atoms with Crippen molar-refractivity contribution in [3.05, 3.63) is 47.5 Å². The van der Waals surface area contributed by atoms with Crippen LogP contribution < -0.4 is 27.0 Å². The summed E-state index contributed by atoms with van der Waals surface area (Å²) in [6.07, 6.45) is 6.14. The summed E-state index contributed by atoms with van der Waals surface area (Å²) in [6, 6.07) is -0.662. The van der Waals surface area contributed by atoms with E-state index in [-0.39, 0.29) is 42.9 Å². The van der Waals surface area contributed by atoms with Gasteiger partial charge in [-0.1, -0.05) is 58.2 Å². The van der Waals surface area contributed by atoms with E-state index in [2.05, 4.69) is 21.3 Å². The van der Waals surface area contributed by atoms with Gasteiger partial charge in [-0.3, -0.25) is 33.6 Å². The Kier molecular flexibility index (Phi) is 16.3. The highest BCUT2D eigenvalue weighted by molar-refractivity contribution is 6.06. The van der Waals surface area contributed by atoms with E-state index >= 15 is 0 Å². The molecular formula is C39H54N6O11. The molecule has 1 saturated heterocycles. The van der Waals surface area contributed by atoms with E-state index in [0.717, 1.165) is 30.2 Å². The zero-order chi connectivity index (χ0) is 41.7. The van der Waals surface area contributed by atoms with Gasteiger partial charge in [0.1, 0.15) is 30.2 Å². The number of carboxylic acids is 1. The number of nitrogens with zero attached hydrogens (tertiary/aromatic N) is 1. The van der Waals surface area contributed by atoms with Crippen LogP contribution in [-0.2, 0) is 38.3 Å². The molecule has 0 radical (unpaired) electrons. The third kappa shape index (κ3) is 12.5. The van der Waals surface area contributed by atoms with Crippen molar-refractivity contribution in [3.63, 3.8) is 0 Å². The first-order valence-electron chi connectivity index (χ1n) is 18.8. The molecule has 1 heterocycles. The SMILES string of the molecule is CCOC(=O)/C=C/CC[C@H](NC(=O)c1ccccc1C(=O)O)C(=O)N[C@H](C(=O)N1CC(=O)C[C@H]1C(=O)N[C@H](C(=O)N[C@@H](C)C(N)=O)C1CCCCC1)C(C)(C)C. The van der Waals surface area contributed by atoms with Crippen LogP contribution in [0.1, 0.15) is 107 Å². The van der Waals surface area contributed by atoms with Gasteiger partial charge >= 0.3 is 11.9 Å². The zero-order valence-corrected chi connectivity index (χ0v) is 32.6. The van der Waals surface area contributed by atoms with E-state index in [1.165, 1.54) is 37.3 Å². The number of hydrogen-bond donors (Lipinski definition) is 6. The molecule has 1 aliphatic heterocycles. The fourth-order valence-corrected chi connectivity index (χ4v) is 6.71. The number of aromatic carboxylic acids is 1. The van der Waals surface area contributed by atoms with Crippen LogP contribution in [0.4, 0.5) is 0 Å². The third-order valence-corrected chi connectivity index (χ3v) is 9.80. The minimum Gasteiger partial charge on any atom is -0.478 e. The molecule has 17 nitrogen and oxygen atoms in total. The van der Waals surface area contributed by atoms with Gasteiger partial charge in [-0.2, -0.15) is 0 Å². The van der Waals surface area contributed by atoms with Crippen molar-refractivity contribution in [1.82, 2.24) is 26.2 Å². The third-order valence-electron chi connectivity index (χ3n) is 9.80. The normalized spacial score (nSPS) is 18.3. The molecule has 3 rings (SSSR count). The molecule has 1 aliphatic carbocycles. The molecule has 1 aromatic carbocycles. The lowest BCUT2D eigenvalue weighted by molar-refractivity contribution is -0.145. The van der Waals surface area contributed by atoms with Crippen molar-refractivity contribution in [1.29, 1.82) is 0 Å². The fourth-order valence-electron chi connectivity index (χ4n) is 6.71. The second-order valence-corrected chi connectivity index (χ2v) is 15.2. The number of amides is 6. The van der Waals surface area contributed by atoms with Gasteiger partial charge in [-0.25, -0.2) is 9.59 Å². The summed E-state index contributed by atoms with van der Waals surface area (Å²) in [4.78, 5) is 118. The molecule has 2 fully saturated rings. The van der Waals surface area contributed by atoms with Gasteiger partial charge in [0, 0.05) is 12.5 Å². The minimum absolute atomic E-state index is 0.0833. The van der Waals surface area contributed by atoms with E-state index in [1.807, 2.05) is 0 Å². The summed E-state index contributed by atoms with van der Waals surface area (Å²) in [5.74, 6) is -7.26. The number of rotatable bonds is 17. The number of hydrogen-bond acceptors (Lipinski definition) is 10. The molecule has 0 unspecified atom stereocenters. The summed E-state index contributed by atoms with van der Waals surface area (Å²) < 4.78 is 4.88. The molecular weight excluding hydrogens is 728 g/mol. The number of esters is 1. The molecule has 56 heavy (non-hydrogen) atoms. The van der Waals surface area contributed by atoms with Crippen LogP contribution in [0.25, 0.3) is 0 Å². The number of carboxylic acid groups (broad SMARTS) is 1. The number of ether oxygens (including phenoxy) is 1. The van der Waals surface area contributed by atoms with Crippen molar-refractivity contribution in [2.24, 2.45) is 17.1 Å². The van der Waals surface area contributed by atoms with Crippen LogP contribution in [0.3, 0.4) is 0 Å². The Bertz CT molecular complexity index is 1700. The molecule has 0 spiro atoms. The fraction of sp³-hybridized carbons (Fsp3) is 0.564. The number of primary amides is 1. The van der Waals surface area contributed by atoms with Gasteiger partial charge in [-0.15, -0.1) is 0 Å². The molecule has 6 amide bonds. The Morgan fingerprint density at radius 1 is 0.946 bits per heavy atom. The Hall–Kier alpha value is -5.61. The van der Waals surface area contributed by atoms with Crippen LogP contribution in [0, 0.1) is 11.3 Å². The average molecular weight is 783 g/mol. The molecule has 306 valence electrons. The van der Waals surface area contributed by atoms with Gasteiger partial charge in [0.15, 0.2) is 5.78 Å². The van der Waals surface area contributed by atoms with E-state index in [0.29, 0.717) is 12.8 Å². The Morgan fingerprint density at radius 3 is 2.18 bits per heavy atom. The Balaban J connectivity index is 1.89. The number of likely N-dealkylation sites (tertiary alicyclic amines) is 1. The van der Waals surface area contributed by atoms with Crippen molar-refractivity contribution in [2.75, 3.05) is 13.2 Å². The lowest BCUT2D eigenvalue weighted by Gasteiger charge is -2.36. The summed E-state index contributed by atoms with van der Waals surface area (Å²) >= 11 is 0. The number of allylic oxidation sites excluding steroid dienone is 1. The Morgan fingerprint density at radius 2 is 1.59 bits per heavy atom. The summed E-state index contributed by atoms with van der Waals surface area (Å²) in [6.45, 7) is 7.73. The molecule has 7 N–H and O–H groups in total. The first kappa shape index (κ1) is 44.8. The average Bonchev–Trinajstić information content (AvgIpc) is 3.54. The maximum atomic E-state index is 14.3. The van der Waals surface area contributed by atoms with Crippen LogP contribution in [0.15, 0.2) is 36.4 Å². The van der Waals surface area contributed by atoms with Crippen LogP contribution >= 0.6 is 0 Å². The van der Waals surface area contributed by atoms with Gasteiger partial charge in [-0.05, 0) is 63.0 Å². The molecule has 5 atom stereocenters. The Labute approximate surface area is 325 Å². The van der Waals surface area contributed by atoms with Gasteiger partial charge in [0.2, 0.25) is 29.5 Å². The van der Waals surface area contributed by atoms with Crippen LogP contribution in [0.2, 0.25) is 0 Å². The lowest BCUT2D eigenvalue weighted by Crippen LogP contribution is -2.61. The summed E-state index contributed by atoms with van der Waals surface area (Å²) in [7, 11) is 0. The van der Waals surface area contributed by atoms with E-state index < -0.39 is 95.3 Å². The van der Waals surface area contributed by atoms with Crippen molar-refractivity contribution < 1.29 is 53.0 Å². The summed E-state index contributed by atoms with van der Waals surface area (Å²) in [5, 5.41) is 20.2. The molecule has 1 aromatic rings. The smallest absolute Gasteiger partial charge is 0.336 e. The number of nitrogens with one attached hydrogen (secondary N) is 4. The summed E-state index contributed by atoms with van der Waals surface area (Å²) in [5.41, 5.74) is 3.83.